The molecule has 4 heterocycles. The number of benzene rings is 5. The number of hydrogen-bond donors (Lipinski definition) is 0. The van der Waals surface area contributed by atoms with Crippen LogP contribution >= 0.6 is 0 Å². The molecule has 0 spiro atoms. The van der Waals surface area contributed by atoms with E-state index in [-0.39, 0.29) is 36.4 Å². The first-order chi connectivity index (χ1) is 25.7. The predicted octanol–water partition coefficient (Wildman–Crippen LogP) is 7.51. The average Bonchev–Trinajstić information content (AvgIpc) is 4.01. The molecular weight excluding hydrogens is 656 g/mol. The SMILES string of the molecule is c1cc(C(c2ccc(OCC3CO3)cc2)c2ccc(C(c3ccc(OCC4CO4)cc3)c3ccc(OC4CCO4)cc3)cc2)ccc1OCC1CO1. The van der Waals surface area contributed by atoms with E-state index in [2.05, 4.69) is 109 Å². The minimum absolute atomic E-state index is 0.000997. The molecule has 52 heavy (non-hydrogen) atoms. The van der Waals surface area contributed by atoms with Crippen LogP contribution in [0, 0.1) is 0 Å². The van der Waals surface area contributed by atoms with Gasteiger partial charge >= 0.3 is 0 Å². The lowest BCUT2D eigenvalue weighted by atomic mass is 9.81. The summed E-state index contributed by atoms with van der Waals surface area (Å²) in [4.78, 5) is 0. The summed E-state index contributed by atoms with van der Waals surface area (Å²) in [5.41, 5.74) is 7.09. The van der Waals surface area contributed by atoms with E-state index < -0.39 is 0 Å². The Balaban J connectivity index is 1.01. The molecule has 266 valence electrons. The van der Waals surface area contributed by atoms with Gasteiger partial charge in [-0.15, -0.1) is 0 Å². The van der Waals surface area contributed by atoms with Crippen molar-refractivity contribution in [1.82, 2.24) is 0 Å². The zero-order chi connectivity index (χ0) is 34.7. The van der Waals surface area contributed by atoms with Gasteiger partial charge in [0.2, 0.25) is 6.29 Å². The number of ether oxygens (including phenoxy) is 8. The lowest BCUT2D eigenvalue weighted by molar-refractivity contribution is -0.165. The Morgan fingerprint density at radius 1 is 0.404 bits per heavy atom. The first kappa shape index (κ1) is 33.0. The standard InChI is InChI=1S/C44H42O8/c1-3-30(44(33-9-17-37(18-10-33)48-25-41-28-51-41)34-11-19-38(20-12-34)52-42-21-22-45-42)4-2-29(1)43(31-5-13-35(14-6-31)46-23-39-26-49-39)32-7-15-36(16-8-32)47-24-40-27-50-40/h1-20,39-44H,21-28H2. The fraction of sp³-hybridized carbons (Fsp3) is 0.318. The van der Waals surface area contributed by atoms with Crippen molar-refractivity contribution in [2.45, 2.75) is 42.9 Å². The van der Waals surface area contributed by atoms with Gasteiger partial charge in [-0.2, -0.15) is 0 Å². The maximum atomic E-state index is 5.98. The normalized spacial score (nSPS) is 22.4. The van der Waals surface area contributed by atoms with E-state index >= 15 is 0 Å². The third-order valence-corrected chi connectivity index (χ3v) is 9.90. The summed E-state index contributed by atoms with van der Waals surface area (Å²) in [6, 6.07) is 42.7. The van der Waals surface area contributed by atoms with Crippen LogP contribution in [0.25, 0.3) is 0 Å². The molecule has 0 radical (unpaired) electrons. The fourth-order valence-corrected chi connectivity index (χ4v) is 6.56. The summed E-state index contributed by atoms with van der Waals surface area (Å²) in [5, 5.41) is 0. The van der Waals surface area contributed by atoms with Gasteiger partial charge in [-0.1, -0.05) is 72.8 Å². The summed E-state index contributed by atoms with van der Waals surface area (Å²) in [6.45, 7) is 4.80. The third kappa shape index (κ3) is 8.27. The molecule has 0 saturated carbocycles. The average molecular weight is 699 g/mol. The van der Waals surface area contributed by atoms with Crippen LogP contribution in [0.2, 0.25) is 0 Å². The molecule has 0 amide bonds. The van der Waals surface area contributed by atoms with Crippen molar-refractivity contribution in [2.24, 2.45) is 0 Å². The van der Waals surface area contributed by atoms with Crippen LogP contribution in [0.1, 0.15) is 51.6 Å². The minimum Gasteiger partial charge on any atom is -0.491 e. The highest BCUT2D eigenvalue weighted by Gasteiger charge is 2.26. The molecule has 5 aromatic carbocycles. The van der Waals surface area contributed by atoms with Gasteiger partial charge in [-0.25, -0.2) is 0 Å². The van der Waals surface area contributed by atoms with E-state index in [0.717, 1.165) is 55.8 Å². The van der Waals surface area contributed by atoms with Crippen molar-refractivity contribution in [2.75, 3.05) is 46.2 Å². The second kappa shape index (κ2) is 15.0. The molecule has 5 aromatic rings. The molecule has 0 aliphatic carbocycles. The second-order valence-corrected chi connectivity index (χ2v) is 13.8. The molecule has 4 aliphatic heterocycles. The van der Waals surface area contributed by atoms with Crippen molar-refractivity contribution in [3.05, 3.63) is 155 Å². The summed E-state index contributed by atoms with van der Waals surface area (Å²) in [5.74, 6) is 3.35. The lowest BCUT2D eigenvalue weighted by Gasteiger charge is -2.27. The zero-order valence-electron chi connectivity index (χ0n) is 28.9. The minimum atomic E-state index is -0.155. The summed E-state index contributed by atoms with van der Waals surface area (Å²) in [7, 11) is 0. The predicted molar refractivity (Wildman–Crippen MR) is 195 cm³/mol. The van der Waals surface area contributed by atoms with Crippen LogP contribution in [-0.4, -0.2) is 70.9 Å². The Hall–Kier alpha value is -4.86. The Kier molecular flexibility index (Phi) is 9.53. The van der Waals surface area contributed by atoms with Crippen LogP contribution in [0.5, 0.6) is 23.0 Å². The summed E-state index contributed by atoms with van der Waals surface area (Å²) >= 11 is 0. The van der Waals surface area contributed by atoms with Gasteiger partial charge in [0.15, 0.2) is 0 Å². The molecule has 4 aliphatic rings. The Bertz CT molecular complexity index is 1830. The van der Waals surface area contributed by atoms with Gasteiger partial charge in [-0.3, -0.25) is 0 Å². The molecular formula is C44H42O8. The molecule has 4 saturated heterocycles. The molecule has 8 nitrogen and oxygen atoms in total. The van der Waals surface area contributed by atoms with Gasteiger partial charge in [0, 0.05) is 18.3 Å². The molecule has 0 bridgehead atoms. The zero-order valence-corrected chi connectivity index (χ0v) is 28.9. The first-order valence-corrected chi connectivity index (χ1v) is 18.2. The van der Waals surface area contributed by atoms with Crippen molar-refractivity contribution < 1.29 is 37.9 Å². The molecule has 5 atom stereocenters. The summed E-state index contributed by atoms with van der Waals surface area (Å²) < 4.78 is 45.3. The van der Waals surface area contributed by atoms with Crippen molar-refractivity contribution in [3.63, 3.8) is 0 Å². The molecule has 4 fully saturated rings. The highest BCUT2D eigenvalue weighted by Crippen LogP contribution is 2.38. The van der Waals surface area contributed by atoms with Crippen LogP contribution in [-0.2, 0) is 18.9 Å². The Morgan fingerprint density at radius 2 is 0.673 bits per heavy atom. The highest BCUT2D eigenvalue weighted by atomic mass is 16.7. The van der Waals surface area contributed by atoms with Gasteiger partial charge in [0.1, 0.15) is 61.1 Å². The highest BCUT2D eigenvalue weighted by molar-refractivity contribution is 5.50. The monoisotopic (exact) mass is 698 g/mol. The molecule has 0 N–H and O–H groups in total. The Labute approximate surface area is 304 Å². The van der Waals surface area contributed by atoms with E-state index in [0.29, 0.717) is 19.8 Å². The third-order valence-electron chi connectivity index (χ3n) is 9.90. The molecule has 8 heteroatoms. The molecule has 5 unspecified atom stereocenters. The smallest absolute Gasteiger partial charge is 0.202 e. The maximum absolute atomic E-state index is 5.98. The van der Waals surface area contributed by atoms with Crippen LogP contribution in [0.3, 0.4) is 0 Å². The number of epoxide rings is 3. The largest absolute Gasteiger partial charge is 0.491 e. The second-order valence-electron chi connectivity index (χ2n) is 13.8. The van der Waals surface area contributed by atoms with Gasteiger partial charge < -0.3 is 37.9 Å². The summed E-state index contributed by atoms with van der Waals surface area (Å²) in [6.07, 6.45) is 1.40. The van der Waals surface area contributed by atoms with Gasteiger partial charge in [0.25, 0.3) is 0 Å². The number of hydrogen-bond acceptors (Lipinski definition) is 8. The van der Waals surface area contributed by atoms with Crippen LogP contribution in [0.4, 0.5) is 0 Å². The van der Waals surface area contributed by atoms with Crippen molar-refractivity contribution >= 4 is 0 Å². The van der Waals surface area contributed by atoms with E-state index in [1.54, 1.807) is 0 Å². The molecule has 9 rings (SSSR count). The van der Waals surface area contributed by atoms with E-state index in [4.69, 9.17) is 37.9 Å². The topological polar surface area (TPSA) is 83.7 Å². The first-order valence-electron chi connectivity index (χ1n) is 18.2. The Morgan fingerprint density at radius 3 is 0.923 bits per heavy atom. The van der Waals surface area contributed by atoms with Crippen molar-refractivity contribution in [1.29, 1.82) is 0 Å². The van der Waals surface area contributed by atoms with E-state index in [9.17, 15) is 0 Å². The maximum Gasteiger partial charge on any atom is 0.202 e. The van der Waals surface area contributed by atoms with E-state index in [1.807, 2.05) is 12.1 Å². The van der Waals surface area contributed by atoms with Gasteiger partial charge in [0.05, 0.1) is 26.4 Å². The quantitative estimate of drug-likeness (QED) is 0.0730. The fourth-order valence-electron chi connectivity index (χ4n) is 6.56. The van der Waals surface area contributed by atoms with Gasteiger partial charge in [-0.05, 0) is 81.9 Å². The lowest BCUT2D eigenvalue weighted by Crippen LogP contribution is -2.32. The van der Waals surface area contributed by atoms with Crippen LogP contribution < -0.4 is 18.9 Å². The number of rotatable bonds is 17. The van der Waals surface area contributed by atoms with Crippen molar-refractivity contribution in [3.8, 4) is 23.0 Å². The van der Waals surface area contributed by atoms with E-state index in [1.165, 1.54) is 33.4 Å². The molecule has 0 aromatic heterocycles. The van der Waals surface area contributed by atoms with Crippen LogP contribution in [0.15, 0.2) is 121 Å².